The second kappa shape index (κ2) is 9.69. The molecule has 0 saturated carbocycles. The van der Waals surface area contributed by atoms with Crippen LogP contribution in [0.5, 0.6) is 0 Å². The molecule has 1 heterocycles. The van der Waals surface area contributed by atoms with Gasteiger partial charge in [-0.05, 0) is 49.2 Å². The van der Waals surface area contributed by atoms with Crippen LogP contribution in [0.2, 0.25) is 0 Å². The summed E-state index contributed by atoms with van der Waals surface area (Å²) in [6.45, 7) is 6.80. The Labute approximate surface area is 193 Å². The van der Waals surface area contributed by atoms with Gasteiger partial charge in [0.15, 0.2) is 0 Å². The first kappa shape index (κ1) is 22.3. The Bertz CT molecular complexity index is 1320. The molecule has 4 aromatic rings. The minimum absolute atomic E-state index is 0.258. The normalized spacial score (nSPS) is 10.9. The van der Waals surface area contributed by atoms with E-state index in [1.165, 1.54) is 0 Å². The number of aryl methyl sites for hydroxylation is 2. The van der Waals surface area contributed by atoms with E-state index in [9.17, 15) is 9.59 Å². The minimum Gasteiger partial charge on any atom is -0.321 e. The van der Waals surface area contributed by atoms with Gasteiger partial charge in [-0.3, -0.25) is 14.3 Å². The summed E-state index contributed by atoms with van der Waals surface area (Å²) in [7, 11) is 0. The molecule has 6 nitrogen and oxygen atoms in total. The molecule has 0 spiro atoms. The Morgan fingerprint density at radius 3 is 2.33 bits per heavy atom. The quantitative estimate of drug-likeness (QED) is 0.372. The monoisotopic (exact) mass is 440 g/mol. The van der Waals surface area contributed by atoms with Gasteiger partial charge in [0.25, 0.3) is 11.8 Å². The van der Waals surface area contributed by atoms with Crippen molar-refractivity contribution >= 4 is 34.0 Å². The molecule has 2 amide bonds. The third-order valence-electron chi connectivity index (χ3n) is 5.80. The van der Waals surface area contributed by atoms with E-state index in [-0.39, 0.29) is 11.8 Å². The van der Waals surface area contributed by atoms with Gasteiger partial charge < -0.3 is 10.6 Å². The Morgan fingerprint density at radius 2 is 1.52 bits per heavy atom. The van der Waals surface area contributed by atoms with Crippen molar-refractivity contribution in [3.05, 3.63) is 89.2 Å². The molecule has 0 saturated heterocycles. The van der Waals surface area contributed by atoms with Crippen LogP contribution in [-0.4, -0.2) is 21.6 Å². The third-order valence-corrected chi connectivity index (χ3v) is 5.80. The summed E-state index contributed by atoms with van der Waals surface area (Å²) in [6, 6.07) is 20.4. The van der Waals surface area contributed by atoms with Gasteiger partial charge >= 0.3 is 0 Å². The summed E-state index contributed by atoms with van der Waals surface area (Å²) in [5, 5.41) is 12.3. The Balaban J connectivity index is 1.58. The molecule has 0 aliphatic heterocycles. The van der Waals surface area contributed by atoms with Crippen molar-refractivity contribution in [2.75, 3.05) is 10.6 Å². The van der Waals surface area contributed by atoms with Gasteiger partial charge in [0, 0.05) is 12.1 Å². The number of fused-ring (bicyclic) bond motifs is 1. The van der Waals surface area contributed by atoms with Gasteiger partial charge in [0.2, 0.25) is 0 Å². The van der Waals surface area contributed by atoms with E-state index in [1.807, 2.05) is 54.9 Å². The summed E-state index contributed by atoms with van der Waals surface area (Å²) >= 11 is 0. The summed E-state index contributed by atoms with van der Waals surface area (Å²) in [6.07, 6.45) is 2.10. The number of rotatable bonds is 7. The van der Waals surface area contributed by atoms with Crippen molar-refractivity contribution in [2.45, 2.75) is 40.2 Å². The maximum atomic E-state index is 13.2. The number of carbonyl (C=O) groups excluding carboxylic acids is 2. The van der Waals surface area contributed by atoms with Gasteiger partial charge in [-0.1, -0.05) is 61.9 Å². The molecule has 3 aromatic carbocycles. The number of benzene rings is 3. The van der Waals surface area contributed by atoms with Crippen LogP contribution in [0, 0.1) is 13.8 Å². The minimum atomic E-state index is -0.287. The van der Waals surface area contributed by atoms with Crippen LogP contribution in [0.15, 0.2) is 66.7 Å². The molecule has 0 unspecified atom stereocenters. The number of aromatic nitrogens is 2. The van der Waals surface area contributed by atoms with Gasteiger partial charge in [0.1, 0.15) is 0 Å². The van der Waals surface area contributed by atoms with Crippen LogP contribution in [-0.2, 0) is 6.54 Å². The first-order chi connectivity index (χ1) is 16.0. The van der Waals surface area contributed by atoms with Crippen LogP contribution in [0.1, 0.15) is 51.9 Å². The number of unbranched alkanes of at least 4 members (excludes halogenated alkanes) is 1. The molecule has 2 N–H and O–H groups in total. The van der Waals surface area contributed by atoms with Crippen molar-refractivity contribution in [3.8, 4) is 0 Å². The molecule has 0 bridgehead atoms. The third kappa shape index (κ3) is 4.65. The van der Waals surface area contributed by atoms with Crippen molar-refractivity contribution in [3.63, 3.8) is 0 Å². The number of anilines is 2. The van der Waals surface area contributed by atoms with Crippen molar-refractivity contribution in [1.82, 2.24) is 9.78 Å². The van der Waals surface area contributed by atoms with E-state index in [1.54, 1.807) is 30.3 Å². The van der Waals surface area contributed by atoms with Gasteiger partial charge in [-0.25, -0.2) is 0 Å². The topological polar surface area (TPSA) is 76.0 Å². The predicted molar refractivity (Wildman–Crippen MR) is 133 cm³/mol. The van der Waals surface area contributed by atoms with E-state index in [0.29, 0.717) is 22.5 Å². The number of nitrogens with one attached hydrogen (secondary N) is 2. The first-order valence-electron chi connectivity index (χ1n) is 11.2. The van der Waals surface area contributed by atoms with Crippen molar-refractivity contribution in [1.29, 1.82) is 0 Å². The molecule has 0 atom stereocenters. The lowest BCUT2D eigenvalue weighted by atomic mass is 10.0. The Hall–Kier alpha value is -3.93. The second-order valence-electron chi connectivity index (χ2n) is 8.10. The number of hydrogen-bond acceptors (Lipinski definition) is 3. The average molecular weight is 441 g/mol. The Morgan fingerprint density at radius 1 is 0.848 bits per heavy atom. The molecule has 168 valence electrons. The SMILES string of the molecule is CCCCn1nc(C)c(NC(=O)c2ccccc2NC(=O)c2cccc3ccccc23)c1C. The molecular formula is C27H28N4O2. The van der Waals surface area contributed by atoms with E-state index in [0.717, 1.165) is 41.5 Å². The van der Waals surface area contributed by atoms with Crippen LogP contribution in [0.3, 0.4) is 0 Å². The zero-order chi connectivity index (χ0) is 23.4. The summed E-state index contributed by atoms with van der Waals surface area (Å²) in [4.78, 5) is 26.3. The molecule has 0 radical (unpaired) electrons. The van der Waals surface area contributed by atoms with Gasteiger partial charge in [0.05, 0.1) is 28.3 Å². The van der Waals surface area contributed by atoms with Crippen LogP contribution in [0.4, 0.5) is 11.4 Å². The molecule has 1 aromatic heterocycles. The largest absolute Gasteiger partial charge is 0.321 e. The lowest BCUT2D eigenvalue weighted by Crippen LogP contribution is -2.19. The van der Waals surface area contributed by atoms with E-state index in [2.05, 4.69) is 22.7 Å². The zero-order valence-corrected chi connectivity index (χ0v) is 19.2. The number of para-hydroxylation sites is 1. The second-order valence-corrected chi connectivity index (χ2v) is 8.10. The molecule has 0 fully saturated rings. The maximum Gasteiger partial charge on any atom is 0.257 e. The highest BCUT2D eigenvalue weighted by atomic mass is 16.2. The molecule has 6 heteroatoms. The molecule has 33 heavy (non-hydrogen) atoms. The lowest BCUT2D eigenvalue weighted by Gasteiger charge is -2.13. The summed E-state index contributed by atoms with van der Waals surface area (Å²) in [5.41, 5.74) is 3.83. The molecule has 0 aliphatic carbocycles. The smallest absolute Gasteiger partial charge is 0.257 e. The number of amides is 2. The fourth-order valence-electron chi connectivity index (χ4n) is 3.99. The Kier molecular flexibility index (Phi) is 6.54. The summed E-state index contributed by atoms with van der Waals surface area (Å²) < 4.78 is 1.93. The average Bonchev–Trinajstić information content (AvgIpc) is 3.10. The van der Waals surface area contributed by atoms with Crippen molar-refractivity contribution < 1.29 is 9.59 Å². The fourth-order valence-corrected chi connectivity index (χ4v) is 3.99. The highest BCUT2D eigenvalue weighted by Gasteiger charge is 2.19. The first-order valence-corrected chi connectivity index (χ1v) is 11.2. The maximum absolute atomic E-state index is 13.2. The lowest BCUT2D eigenvalue weighted by molar-refractivity contribution is 0.102. The number of nitrogens with zero attached hydrogens (tertiary/aromatic N) is 2. The number of carbonyl (C=O) groups is 2. The van der Waals surface area contributed by atoms with E-state index in [4.69, 9.17) is 0 Å². The van der Waals surface area contributed by atoms with Gasteiger partial charge in [-0.15, -0.1) is 0 Å². The van der Waals surface area contributed by atoms with Crippen molar-refractivity contribution in [2.24, 2.45) is 0 Å². The highest BCUT2D eigenvalue weighted by molar-refractivity contribution is 6.16. The fraction of sp³-hybridized carbons (Fsp3) is 0.222. The van der Waals surface area contributed by atoms with E-state index >= 15 is 0 Å². The molecule has 4 rings (SSSR count). The number of hydrogen-bond donors (Lipinski definition) is 2. The standard InChI is InChI=1S/C27H28N4O2/c1-4-5-17-31-19(3)25(18(2)30-31)29-27(33)23-14-8-9-16-24(23)28-26(32)22-15-10-12-20-11-6-7-13-21(20)22/h6-16H,4-5,17H2,1-3H3,(H,28,32)(H,29,33). The predicted octanol–water partition coefficient (Wildman–Crippen LogP) is 5.96. The van der Waals surface area contributed by atoms with Crippen LogP contribution < -0.4 is 10.6 Å². The summed E-state index contributed by atoms with van der Waals surface area (Å²) in [5.74, 6) is -0.545. The highest BCUT2D eigenvalue weighted by Crippen LogP contribution is 2.24. The van der Waals surface area contributed by atoms with Crippen LogP contribution in [0.25, 0.3) is 10.8 Å². The van der Waals surface area contributed by atoms with Crippen LogP contribution >= 0.6 is 0 Å². The van der Waals surface area contributed by atoms with Gasteiger partial charge in [-0.2, -0.15) is 5.10 Å². The zero-order valence-electron chi connectivity index (χ0n) is 19.2. The van der Waals surface area contributed by atoms with E-state index < -0.39 is 0 Å². The molecular weight excluding hydrogens is 412 g/mol. The molecule has 0 aliphatic rings.